The molecule has 0 spiro atoms. The van der Waals surface area contributed by atoms with Crippen molar-refractivity contribution < 1.29 is 5.48 Å². The molecule has 0 amide bonds. The fourth-order valence-electron chi connectivity index (χ4n) is 1.57. The third-order valence-electron chi connectivity index (χ3n) is 2.44. The zero-order chi connectivity index (χ0) is 9.26. The van der Waals surface area contributed by atoms with Crippen LogP contribution in [0.4, 0.5) is 0 Å². The molecular weight excluding hydrogens is 194 g/mol. The Kier molecular flexibility index (Phi) is 3.96. The van der Waals surface area contributed by atoms with Crippen molar-refractivity contribution in [2.45, 2.75) is 31.9 Å². The first kappa shape index (κ1) is 11.5. The van der Waals surface area contributed by atoms with Crippen molar-refractivity contribution in [1.29, 1.82) is 0 Å². The molecule has 14 heavy (non-hydrogen) atoms. The highest BCUT2D eigenvalue weighted by atomic mass is 32.2. The Hall–Kier alpha value is -0.540. The molecule has 0 atom stereocenters. The van der Waals surface area contributed by atoms with Crippen LogP contribution in [0.5, 0.6) is 0 Å². The predicted molar refractivity (Wildman–Crippen MR) is 61.8 cm³/mol. The SMILES string of the molecule is CC(C)c1ccc2c(n1)CSCC2.O. The number of nitrogens with zero attached hydrogens (tertiary/aromatic N) is 1. The van der Waals surface area contributed by atoms with Crippen LogP contribution in [0.2, 0.25) is 0 Å². The van der Waals surface area contributed by atoms with E-state index in [0.717, 1.165) is 5.75 Å². The van der Waals surface area contributed by atoms with Gasteiger partial charge in [0.25, 0.3) is 0 Å². The topological polar surface area (TPSA) is 44.4 Å². The van der Waals surface area contributed by atoms with E-state index in [1.807, 2.05) is 11.8 Å². The lowest BCUT2D eigenvalue weighted by molar-refractivity contribution is 0.806. The number of hydrogen-bond acceptors (Lipinski definition) is 2. The summed E-state index contributed by atoms with van der Waals surface area (Å²) in [4.78, 5) is 4.69. The van der Waals surface area contributed by atoms with E-state index in [-0.39, 0.29) is 5.48 Å². The molecule has 0 aliphatic carbocycles. The molecule has 1 aliphatic heterocycles. The monoisotopic (exact) mass is 211 g/mol. The summed E-state index contributed by atoms with van der Waals surface area (Å²) in [6.45, 7) is 4.40. The highest BCUT2D eigenvalue weighted by molar-refractivity contribution is 7.98. The van der Waals surface area contributed by atoms with E-state index in [4.69, 9.17) is 4.98 Å². The van der Waals surface area contributed by atoms with E-state index in [0.29, 0.717) is 5.92 Å². The summed E-state index contributed by atoms with van der Waals surface area (Å²) in [5, 5.41) is 0. The minimum Gasteiger partial charge on any atom is -0.412 e. The Morgan fingerprint density at radius 2 is 2.14 bits per heavy atom. The molecule has 2 rings (SSSR count). The van der Waals surface area contributed by atoms with Gasteiger partial charge in [0.05, 0.1) is 5.69 Å². The molecule has 2 N–H and O–H groups in total. The van der Waals surface area contributed by atoms with Crippen LogP contribution >= 0.6 is 11.8 Å². The highest BCUT2D eigenvalue weighted by Gasteiger charge is 2.11. The van der Waals surface area contributed by atoms with Gasteiger partial charge in [-0.15, -0.1) is 0 Å². The van der Waals surface area contributed by atoms with Gasteiger partial charge in [-0.05, 0) is 29.7 Å². The first-order valence-electron chi connectivity index (χ1n) is 4.84. The number of thioether (sulfide) groups is 1. The van der Waals surface area contributed by atoms with E-state index in [1.54, 1.807) is 0 Å². The molecule has 2 heterocycles. The predicted octanol–water partition coefficient (Wildman–Crippen LogP) is 2.17. The number of rotatable bonds is 1. The fraction of sp³-hybridized carbons (Fsp3) is 0.545. The third-order valence-corrected chi connectivity index (χ3v) is 3.41. The van der Waals surface area contributed by atoms with Gasteiger partial charge in [0, 0.05) is 11.4 Å². The molecule has 0 saturated carbocycles. The summed E-state index contributed by atoms with van der Waals surface area (Å²) >= 11 is 2.00. The highest BCUT2D eigenvalue weighted by Crippen LogP contribution is 2.24. The first-order chi connectivity index (χ1) is 6.27. The Morgan fingerprint density at radius 1 is 1.36 bits per heavy atom. The van der Waals surface area contributed by atoms with Gasteiger partial charge >= 0.3 is 0 Å². The Labute approximate surface area is 89.4 Å². The van der Waals surface area contributed by atoms with Crippen molar-refractivity contribution in [3.05, 3.63) is 29.1 Å². The van der Waals surface area contributed by atoms with E-state index in [2.05, 4.69) is 26.0 Å². The van der Waals surface area contributed by atoms with Gasteiger partial charge in [0.15, 0.2) is 0 Å². The second-order valence-electron chi connectivity index (χ2n) is 3.80. The van der Waals surface area contributed by atoms with Gasteiger partial charge in [0.2, 0.25) is 0 Å². The van der Waals surface area contributed by atoms with Crippen LogP contribution in [-0.4, -0.2) is 16.2 Å². The smallest absolute Gasteiger partial charge is 0.0538 e. The van der Waals surface area contributed by atoms with Crippen LogP contribution in [0, 0.1) is 0 Å². The van der Waals surface area contributed by atoms with Crippen molar-refractivity contribution >= 4 is 11.8 Å². The van der Waals surface area contributed by atoms with Crippen LogP contribution in [-0.2, 0) is 12.2 Å². The zero-order valence-corrected chi connectivity index (χ0v) is 9.53. The summed E-state index contributed by atoms with van der Waals surface area (Å²) in [6.07, 6.45) is 1.20. The normalized spacial score (nSPS) is 14.8. The maximum atomic E-state index is 4.69. The quantitative estimate of drug-likeness (QED) is 0.714. The maximum absolute atomic E-state index is 4.69. The summed E-state index contributed by atoms with van der Waals surface area (Å²) in [6, 6.07) is 4.44. The Morgan fingerprint density at radius 3 is 2.86 bits per heavy atom. The lowest BCUT2D eigenvalue weighted by Crippen LogP contribution is -2.07. The largest absolute Gasteiger partial charge is 0.412 e. The molecule has 3 heteroatoms. The number of fused-ring (bicyclic) bond motifs is 1. The molecule has 0 fully saturated rings. The lowest BCUT2D eigenvalue weighted by Gasteiger charge is -2.16. The van der Waals surface area contributed by atoms with Gasteiger partial charge in [-0.3, -0.25) is 4.98 Å². The van der Waals surface area contributed by atoms with Gasteiger partial charge in [0.1, 0.15) is 0 Å². The standard InChI is InChI=1S/C11H15NS.H2O/c1-8(2)10-4-3-9-5-6-13-7-11(9)12-10;/h3-4,8H,5-7H2,1-2H3;1H2. The minimum atomic E-state index is 0. The number of aromatic nitrogens is 1. The van der Waals surface area contributed by atoms with E-state index >= 15 is 0 Å². The molecular formula is C11H17NOS. The van der Waals surface area contributed by atoms with Crippen molar-refractivity contribution in [3.63, 3.8) is 0 Å². The molecule has 0 unspecified atom stereocenters. The third kappa shape index (κ3) is 2.28. The summed E-state index contributed by atoms with van der Waals surface area (Å²) in [5.74, 6) is 2.92. The van der Waals surface area contributed by atoms with Crippen molar-refractivity contribution in [2.24, 2.45) is 0 Å². The molecule has 1 aromatic heterocycles. The van der Waals surface area contributed by atoms with Crippen LogP contribution < -0.4 is 0 Å². The average molecular weight is 211 g/mol. The first-order valence-corrected chi connectivity index (χ1v) is 5.99. The van der Waals surface area contributed by atoms with Crippen LogP contribution in [0.1, 0.15) is 36.7 Å². The fourth-order valence-corrected chi connectivity index (χ4v) is 2.52. The molecule has 1 aromatic rings. The van der Waals surface area contributed by atoms with Gasteiger partial charge in [-0.2, -0.15) is 11.8 Å². The molecule has 0 saturated heterocycles. The van der Waals surface area contributed by atoms with Crippen molar-refractivity contribution in [1.82, 2.24) is 4.98 Å². The van der Waals surface area contributed by atoms with Crippen LogP contribution in [0.3, 0.4) is 0 Å². The Balaban J connectivity index is 0.000000980. The molecule has 1 aliphatic rings. The molecule has 0 aromatic carbocycles. The zero-order valence-electron chi connectivity index (χ0n) is 8.71. The van der Waals surface area contributed by atoms with Gasteiger partial charge in [-0.25, -0.2) is 0 Å². The average Bonchev–Trinajstić information content (AvgIpc) is 2.17. The second kappa shape index (κ2) is 4.80. The van der Waals surface area contributed by atoms with Crippen LogP contribution in [0.15, 0.2) is 12.1 Å². The van der Waals surface area contributed by atoms with E-state index < -0.39 is 0 Å². The van der Waals surface area contributed by atoms with Crippen molar-refractivity contribution in [3.8, 4) is 0 Å². The summed E-state index contributed by atoms with van der Waals surface area (Å²) in [5.41, 5.74) is 4.02. The van der Waals surface area contributed by atoms with E-state index in [9.17, 15) is 0 Å². The molecule has 0 radical (unpaired) electrons. The second-order valence-corrected chi connectivity index (χ2v) is 4.90. The van der Waals surface area contributed by atoms with Gasteiger partial charge in [-0.1, -0.05) is 19.9 Å². The Bertz CT molecular complexity index is 312. The summed E-state index contributed by atoms with van der Waals surface area (Å²) in [7, 11) is 0. The molecule has 2 nitrogen and oxygen atoms in total. The number of aryl methyl sites for hydroxylation is 1. The van der Waals surface area contributed by atoms with Crippen LogP contribution in [0.25, 0.3) is 0 Å². The van der Waals surface area contributed by atoms with Gasteiger partial charge < -0.3 is 5.48 Å². The maximum Gasteiger partial charge on any atom is 0.0538 e. The molecule has 78 valence electrons. The van der Waals surface area contributed by atoms with E-state index in [1.165, 1.54) is 29.1 Å². The van der Waals surface area contributed by atoms with Crippen molar-refractivity contribution in [2.75, 3.05) is 5.75 Å². The molecule has 0 bridgehead atoms. The summed E-state index contributed by atoms with van der Waals surface area (Å²) < 4.78 is 0. The lowest BCUT2D eigenvalue weighted by atomic mass is 10.1. The minimum absolute atomic E-state index is 0. The number of pyridine rings is 1. The number of hydrogen-bond donors (Lipinski definition) is 0.